The average molecular weight is 376 g/mol. The maximum atomic E-state index is 12.3. The van der Waals surface area contributed by atoms with Gasteiger partial charge in [-0.3, -0.25) is 0 Å². The summed E-state index contributed by atoms with van der Waals surface area (Å²) in [7, 11) is 0. The Balaban J connectivity index is 2.59. The summed E-state index contributed by atoms with van der Waals surface area (Å²) >= 11 is 0. The maximum absolute atomic E-state index is 12.3. The van der Waals surface area contributed by atoms with Gasteiger partial charge in [0.05, 0.1) is 0 Å². The summed E-state index contributed by atoms with van der Waals surface area (Å²) in [5.74, 6) is 2.67. The highest BCUT2D eigenvalue weighted by molar-refractivity contribution is 5.69. The van der Waals surface area contributed by atoms with Crippen LogP contribution in [-0.2, 0) is 9.47 Å². The van der Waals surface area contributed by atoms with Crippen LogP contribution in [0.5, 0.6) is 0 Å². The quantitative estimate of drug-likeness (QED) is 0.564. The van der Waals surface area contributed by atoms with Crippen LogP contribution in [0.4, 0.5) is 9.59 Å². The molecule has 0 aromatic rings. The van der Waals surface area contributed by atoms with Crippen LogP contribution < -0.4 is 5.32 Å². The molecule has 0 radical (unpaired) electrons. The number of ether oxygens (including phenoxy) is 2. The van der Waals surface area contributed by atoms with Gasteiger partial charge in [0.25, 0.3) is 0 Å². The first-order valence-electron chi connectivity index (χ1n) is 9.32. The fraction of sp³-hybridized carbons (Fsp3) is 0.619. The second-order valence-electron chi connectivity index (χ2n) is 7.57. The normalized spacial score (nSPS) is 18.9. The number of hydrogen-bond donors (Lipinski definition) is 1. The van der Waals surface area contributed by atoms with Gasteiger partial charge in [-0.1, -0.05) is 18.2 Å². The zero-order valence-electron chi connectivity index (χ0n) is 17.1. The molecule has 0 aromatic heterocycles. The van der Waals surface area contributed by atoms with Crippen LogP contribution in [0.25, 0.3) is 0 Å². The predicted molar refractivity (Wildman–Crippen MR) is 106 cm³/mol. The van der Waals surface area contributed by atoms with Crippen LogP contribution in [0.15, 0.2) is 23.8 Å². The molecule has 2 atom stereocenters. The summed E-state index contributed by atoms with van der Waals surface area (Å²) in [6.07, 6.45) is 11.5. The van der Waals surface area contributed by atoms with E-state index in [2.05, 4.69) is 11.2 Å². The Hall–Kier alpha value is -2.42. The van der Waals surface area contributed by atoms with Crippen molar-refractivity contribution in [3.63, 3.8) is 0 Å². The van der Waals surface area contributed by atoms with E-state index in [0.717, 1.165) is 12.0 Å². The molecule has 1 aliphatic heterocycles. The van der Waals surface area contributed by atoms with Gasteiger partial charge in [0.1, 0.15) is 12.2 Å². The molecule has 1 aliphatic rings. The van der Waals surface area contributed by atoms with Gasteiger partial charge in [0.2, 0.25) is 0 Å². The van der Waals surface area contributed by atoms with E-state index in [9.17, 15) is 9.59 Å². The summed E-state index contributed by atoms with van der Waals surface area (Å²) in [6, 6.07) is -0.239. The van der Waals surface area contributed by atoms with Gasteiger partial charge in [-0.05, 0) is 52.5 Å². The molecule has 0 saturated carbocycles. The second-order valence-corrected chi connectivity index (χ2v) is 7.57. The van der Waals surface area contributed by atoms with Crippen molar-refractivity contribution in [2.75, 3.05) is 19.7 Å². The molecule has 27 heavy (non-hydrogen) atoms. The Morgan fingerprint density at radius 3 is 2.63 bits per heavy atom. The average Bonchev–Trinajstić information content (AvgIpc) is 3.06. The number of amides is 2. The lowest BCUT2D eigenvalue weighted by molar-refractivity contribution is 0.0488. The molecule has 1 fully saturated rings. The molecule has 0 aromatic carbocycles. The number of hydrogen-bond acceptors (Lipinski definition) is 4. The fourth-order valence-electron chi connectivity index (χ4n) is 2.88. The molecule has 1 heterocycles. The number of terminal acetylenes is 1. The number of likely N-dealkylation sites (tertiary alicyclic amines) is 1. The Bertz CT molecular complexity index is 611. The van der Waals surface area contributed by atoms with Gasteiger partial charge in [0.15, 0.2) is 0 Å². The van der Waals surface area contributed by atoms with Gasteiger partial charge >= 0.3 is 12.2 Å². The second kappa shape index (κ2) is 10.7. The highest BCUT2D eigenvalue weighted by Gasteiger charge is 2.34. The Kier molecular flexibility index (Phi) is 8.93. The lowest BCUT2D eigenvalue weighted by atomic mass is 9.96. The number of nitrogens with one attached hydrogen (secondary N) is 1. The minimum Gasteiger partial charge on any atom is -0.445 e. The van der Waals surface area contributed by atoms with E-state index in [1.165, 1.54) is 0 Å². The van der Waals surface area contributed by atoms with Crippen molar-refractivity contribution in [1.29, 1.82) is 0 Å². The molecular weight excluding hydrogens is 344 g/mol. The lowest BCUT2D eigenvalue weighted by Crippen LogP contribution is -2.44. The van der Waals surface area contributed by atoms with Crippen LogP contribution in [0.3, 0.4) is 0 Å². The predicted octanol–water partition coefficient (Wildman–Crippen LogP) is 3.88. The summed E-state index contributed by atoms with van der Waals surface area (Å²) in [5, 5.41) is 2.85. The first kappa shape index (κ1) is 22.6. The molecule has 1 saturated heterocycles. The largest absolute Gasteiger partial charge is 0.445 e. The van der Waals surface area contributed by atoms with E-state index in [-0.39, 0.29) is 24.7 Å². The number of allylic oxidation sites excluding steroid dienone is 2. The van der Waals surface area contributed by atoms with Crippen LogP contribution >= 0.6 is 0 Å². The van der Waals surface area contributed by atoms with Crippen LogP contribution in [-0.4, -0.2) is 48.4 Å². The van der Waals surface area contributed by atoms with Gasteiger partial charge in [-0.25, -0.2) is 9.59 Å². The van der Waals surface area contributed by atoms with Crippen molar-refractivity contribution in [3.8, 4) is 12.3 Å². The van der Waals surface area contributed by atoms with E-state index in [1.54, 1.807) is 4.90 Å². The summed E-state index contributed by atoms with van der Waals surface area (Å²) in [6.45, 7) is 10.6. The molecule has 0 aliphatic carbocycles. The first-order valence-corrected chi connectivity index (χ1v) is 9.32. The summed E-state index contributed by atoms with van der Waals surface area (Å²) in [5.41, 5.74) is 0.367. The number of nitrogens with zero attached hydrogens (tertiary/aromatic N) is 1. The lowest BCUT2D eigenvalue weighted by Gasteiger charge is -2.26. The number of carbonyl (C=O) groups excluding carboxylic acids is 2. The Morgan fingerprint density at radius 1 is 1.37 bits per heavy atom. The molecule has 1 rings (SSSR count). The van der Waals surface area contributed by atoms with Crippen molar-refractivity contribution in [1.82, 2.24) is 10.2 Å². The maximum Gasteiger partial charge on any atom is 0.410 e. The van der Waals surface area contributed by atoms with Gasteiger partial charge in [-0.15, -0.1) is 12.3 Å². The molecule has 6 nitrogen and oxygen atoms in total. The van der Waals surface area contributed by atoms with Crippen LogP contribution in [0.2, 0.25) is 0 Å². The van der Waals surface area contributed by atoms with Crippen LogP contribution in [0, 0.1) is 18.3 Å². The van der Waals surface area contributed by atoms with Gasteiger partial charge in [0, 0.05) is 25.6 Å². The third-order valence-electron chi connectivity index (χ3n) is 4.21. The topological polar surface area (TPSA) is 67.9 Å². The standard InChI is InChI=1S/C21H32N2O4/c1-7-10-16(9-3)15-26-20(25)23-13-12-17(14-23)18(11-8-2)22-19(24)27-21(4,5)6/h2,7,9-10,17-18H,11-15H2,1,3-6H3,(H,22,24)/b10-7-,16-9+. The zero-order valence-corrected chi connectivity index (χ0v) is 17.1. The number of rotatable bonds is 6. The Labute approximate surface area is 163 Å². The summed E-state index contributed by atoms with van der Waals surface area (Å²) < 4.78 is 10.7. The van der Waals surface area contributed by atoms with Crippen molar-refractivity contribution < 1.29 is 19.1 Å². The third-order valence-corrected chi connectivity index (χ3v) is 4.21. The van der Waals surface area contributed by atoms with Crippen LogP contribution in [0.1, 0.15) is 47.5 Å². The zero-order chi connectivity index (χ0) is 20.4. The van der Waals surface area contributed by atoms with E-state index >= 15 is 0 Å². The Morgan fingerprint density at radius 2 is 2.07 bits per heavy atom. The molecule has 150 valence electrons. The fourth-order valence-corrected chi connectivity index (χ4v) is 2.88. The van der Waals surface area contributed by atoms with Crippen molar-refractivity contribution in [2.24, 2.45) is 5.92 Å². The van der Waals surface area contributed by atoms with Gasteiger partial charge in [-0.2, -0.15) is 0 Å². The first-order chi connectivity index (χ1) is 12.7. The third kappa shape index (κ3) is 8.21. The molecule has 2 amide bonds. The van der Waals surface area contributed by atoms with E-state index in [1.807, 2.05) is 52.8 Å². The highest BCUT2D eigenvalue weighted by atomic mass is 16.6. The van der Waals surface area contributed by atoms with Crippen molar-refractivity contribution >= 4 is 12.2 Å². The molecular formula is C21H32N2O4. The molecule has 6 heteroatoms. The minimum atomic E-state index is -0.576. The highest BCUT2D eigenvalue weighted by Crippen LogP contribution is 2.23. The molecule has 0 spiro atoms. The molecule has 0 bridgehead atoms. The molecule has 1 N–H and O–H groups in total. The van der Waals surface area contributed by atoms with Crippen molar-refractivity contribution in [3.05, 3.63) is 23.8 Å². The smallest absolute Gasteiger partial charge is 0.410 e. The van der Waals surface area contributed by atoms with E-state index < -0.39 is 11.7 Å². The van der Waals surface area contributed by atoms with Gasteiger partial charge < -0.3 is 19.7 Å². The monoisotopic (exact) mass is 376 g/mol. The number of alkyl carbamates (subject to hydrolysis) is 1. The summed E-state index contributed by atoms with van der Waals surface area (Å²) in [4.78, 5) is 26.0. The van der Waals surface area contributed by atoms with Crippen molar-refractivity contribution in [2.45, 2.75) is 59.1 Å². The SMILES string of the molecule is C#CCC(NC(=O)OC(C)(C)C)C1CCN(C(=O)OCC(/C=C\C)=C/C)C1. The molecule has 2 unspecified atom stereocenters. The number of carbonyl (C=O) groups is 2. The van der Waals surface area contributed by atoms with E-state index in [0.29, 0.717) is 19.5 Å². The van der Waals surface area contributed by atoms with E-state index in [4.69, 9.17) is 15.9 Å². The minimum absolute atomic E-state index is 0.0674.